The van der Waals surface area contributed by atoms with Gasteiger partial charge in [0.2, 0.25) is 0 Å². The van der Waals surface area contributed by atoms with Crippen LogP contribution in [0.4, 0.5) is 5.82 Å². The van der Waals surface area contributed by atoms with Gasteiger partial charge in [-0.1, -0.05) is 19.2 Å². The number of fused-ring (bicyclic) bond motifs is 2. The number of methoxy groups -OCH3 is 1. The number of imidazole rings is 1. The summed E-state index contributed by atoms with van der Waals surface area (Å²) in [4.78, 5) is 16.9. The lowest BCUT2D eigenvalue weighted by Crippen LogP contribution is -2.12. The van der Waals surface area contributed by atoms with Crippen molar-refractivity contribution in [2.45, 2.75) is 0 Å². The molecule has 3 heterocycles. The number of H-pyrrole nitrogens is 1. The third-order valence-electron chi connectivity index (χ3n) is 4.23. The molecule has 3 aromatic heterocycles. The van der Waals surface area contributed by atoms with E-state index in [9.17, 15) is 4.79 Å². The number of hydrogen-bond donors (Lipinski definition) is 2. The minimum Gasteiger partial charge on any atom is -0.497 e. The molecule has 0 saturated heterocycles. The van der Waals surface area contributed by atoms with E-state index in [0.717, 1.165) is 5.57 Å². The van der Waals surface area contributed by atoms with Gasteiger partial charge in [0, 0.05) is 11.1 Å². The number of nitrogens with one attached hydrogen (secondary N) is 2. The highest BCUT2D eigenvalue weighted by Crippen LogP contribution is 2.18. The van der Waals surface area contributed by atoms with Crippen LogP contribution in [0.5, 0.6) is 0 Å². The van der Waals surface area contributed by atoms with Crippen molar-refractivity contribution >= 4 is 34.0 Å². The number of carbonyl (C=O) groups excluding carboxylic acids is 1. The van der Waals surface area contributed by atoms with Crippen LogP contribution in [0.25, 0.3) is 22.3 Å². The second kappa shape index (κ2) is 7.39. The van der Waals surface area contributed by atoms with E-state index in [-0.39, 0.29) is 5.91 Å². The van der Waals surface area contributed by atoms with Crippen LogP contribution in [0.2, 0.25) is 0 Å². The fourth-order valence-corrected chi connectivity index (χ4v) is 2.74. The fraction of sp³-hybridized carbons (Fsp3) is 0.0500. The normalized spacial score (nSPS) is 11.6. The second-order valence-corrected chi connectivity index (χ2v) is 6.10. The van der Waals surface area contributed by atoms with E-state index < -0.39 is 0 Å². The summed E-state index contributed by atoms with van der Waals surface area (Å²) in [5.41, 5.74) is 3.75. The van der Waals surface area contributed by atoms with Crippen molar-refractivity contribution in [1.29, 1.82) is 0 Å². The second-order valence-electron chi connectivity index (χ2n) is 6.10. The first-order valence-electron chi connectivity index (χ1n) is 8.63. The van der Waals surface area contributed by atoms with Gasteiger partial charge in [-0.05, 0) is 36.4 Å². The van der Waals surface area contributed by atoms with E-state index in [4.69, 9.17) is 4.74 Å². The van der Waals surface area contributed by atoms with Crippen LogP contribution in [-0.2, 0) is 4.74 Å². The Morgan fingerprint density at radius 1 is 1.24 bits per heavy atom. The summed E-state index contributed by atoms with van der Waals surface area (Å²) in [7, 11) is 1.54. The minimum atomic E-state index is -0.304. The van der Waals surface area contributed by atoms with Crippen molar-refractivity contribution in [3.63, 3.8) is 0 Å². The van der Waals surface area contributed by atoms with Crippen molar-refractivity contribution in [2.75, 3.05) is 12.4 Å². The number of carbonyl (C=O) groups is 1. The number of amides is 1. The van der Waals surface area contributed by atoms with E-state index in [1.54, 1.807) is 54.2 Å². The molecule has 9 nitrogen and oxygen atoms in total. The van der Waals surface area contributed by atoms with Crippen LogP contribution in [0.1, 0.15) is 16.1 Å². The van der Waals surface area contributed by atoms with Crippen molar-refractivity contribution in [3.8, 4) is 0 Å². The average Bonchev–Trinajstić information content (AvgIpc) is 3.36. The third kappa shape index (κ3) is 3.61. The maximum Gasteiger partial charge on any atom is 0.256 e. The molecule has 9 heteroatoms. The summed E-state index contributed by atoms with van der Waals surface area (Å²) in [6.45, 7) is 7.58. The Kier molecular flexibility index (Phi) is 4.62. The Hall–Kier alpha value is -4.27. The molecule has 1 amide bonds. The van der Waals surface area contributed by atoms with E-state index >= 15 is 0 Å². The largest absolute Gasteiger partial charge is 0.497 e. The molecule has 0 atom stereocenters. The molecule has 1 aromatic carbocycles. The molecule has 0 unspecified atom stereocenters. The molecule has 29 heavy (non-hydrogen) atoms. The van der Waals surface area contributed by atoms with Gasteiger partial charge >= 0.3 is 0 Å². The molecule has 0 radical (unpaired) electrons. The van der Waals surface area contributed by atoms with Crippen LogP contribution in [0.3, 0.4) is 0 Å². The number of nitrogens with zero attached hydrogens (tertiary/aromatic N) is 5. The van der Waals surface area contributed by atoms with Gasteiger partial charge in [0.05, 0.1) is 19.0 Å². The van der Waals surface area contributed by atoms with Gasteiger partial charge in [0.25, 0.3) is 5.91 Å². The lowest BCUT2D eigenvalue weighted by molar-refractivity contribution is 0.102. The summed E-state index contributed by atoms with van der Waals surface area (Å²) in [6, 6.07) is 8.66. The maximum absolute atomic E-state index is 12.5. The van der Waals surface area contributed by atoms with Crippen molar-refractivity contribution < 1.29 is 9.53 Å². The topological polar surface area (TPSA) is 110 Å². The van der Waals surface area contributed by atoms with E-state index in [1.807, 2.05) is 6.07 Å². The van der Waals surface area contributed by atoms with Gasteiger partial charge in [-0.2, -0.15) is 20.5 Å². The summed E-state index contributed by atoms with van der Waals surface area (Å²) >= 11 is 0. The number of aromatic nitrogens is 6. The highest BCUT2D eigenvalue weighted by molar-refractivity contribution is 6.05. The first-order chi connectivity index (χ1) is 14.1. The van der Waals surface area contributed by atoms with Gasteiger partial charge in [-0.25, -0.2) is 9.50 Å². The number of allylic oxidation sites excluding steroid dienone is 3. The molecule has 0 aliphatic heterocycles. The predicted molar refractivity (Wildman–Crippen MR) is 109 cm³/mol. The molecule has 0 fully saturated rings. The molecular weight excluding hydrogens is 370 g/mol. The third-order valence-corrected chi connectivity index (χ3v) is 4.23. The SMILES string of the molecule is C=C/C(=C\C(=C)OC)c1ccc2nc(NC(=O)c3ccc4n[nH]nc4c3)cn2n1. The summed E-state index contributed by atoms with van der Waals surface area (Å²) < 4.78 is 6.66. The van der Waals surface area contributed by atoms with E-state index in [1.165, 1.54) is 0 Å². The molecular formula is C20H17N7O2. The zero-order valence-corrected chi connectivity index (χ0v) is 15.6. The maximum atomic E-state index is 12.5. The smallest absolute Gasteiger partial charge is 0.256 e. The molecule has 4 aromatic rings. The lowest BCUT2D eigenvalue weighted by Gasteiger charge is -2.03. The quantitative estimate of drug-likeness (QED) is 0.389. The highest BCUT2D eigenvalue weighted by Gasteiger charge is 2.12. The molecule has 0 saturated carbocycles. The molecule has 144 valence electrons. The minimum absolute atomic E-state index is 0.304. The van der Waals surface area contributed by atoms with Crippen LogP contribution in [0, 0.1) is 0 Å². The van der Waals surface area contributed by atoms with Crippen molar-refractivity contribution in [2.24, 2.45) is 0 Å². The van der Waals surface area contributed by atoms with Crippen molar-refractivity contribution in [1.82, 2.24) is 30.0 Å². The summed E-state index contributed by atoms with van der Waals surface area (Å²) in [6.07, 6.45) is 5.04. The Labute approximate surface area is 165 Å². The first-order valence-corrected chi connectivity index (χ1v) is 8.63. The standard InChI is InChI=1S/C20H17N7O2/c1-4-13(9-12(2)29-3)15-7-8-19-21-18(11-27(19)25-15)22-20(28)14-5-6-16-17(10-14)24-26-23-16/h4-11H,1-2H2,3H3,(H,22,28)(H,23,24,26)/b13-9+. The Morgan fingerprint density at radius 3 is 2.86 bits per heavy atom. The first kappa shape index (κ1) is 18.1. The molecule has 0 spiro atoms. The number of anilines is 1. The highest BCUT2D eigenvalue weighted by atomic mass is 16.5. The lowest BCUT2D eigenvalue weighted by atomic mass is 10.1. The van der Waals surface area contributed by atoms with Gasteiger partial charge in [-0.3, -0.25) is 4.79 Å². The number of hydrogen-bond acceptors (Lipinski definition) is 6. The Bertz CT molecular complexity index is 1280. The number of benzene rings is 1. The number of aromatic amines is 1. The van der Waals surface area contributed by atoms with Gasteiger partial charge in [0.1, 0.15) is 16.8 Å². The summed E-state index contributed by atoms with van der Waals surface area (Å²) in [5, 5.41) is 17.8. The average molecular weight is 387 g/mol. The number of rotatable bonds is 6. The molecule has 0 aliphatic rings. The molecule has 2 N–H and O–H groups in total. The predicted octanol–water partition coefficient (Wildman–Crippen LogP) is 2.98. The summed E-state index contributed by atoms with van der Waals surface area (Å²) in [5.74, 6) is 0.566. The van der Waals surface area contributed by atoms with Crippen LogP contribution < -0.4 is 5.32 Å². The van der Waals surface area contributed by atoms with Crippen LogP contribution in [0.15, 0.2) is 67.6 Å². The van der Waals surface area contributed by atoms with E-state index in [0.29, 0.717) is 39.5 Å². The number of ether oxygens (including phenoxy) is 1. The van der Waals surface area contributed by atoms with Crippen molar-refractivity contribution in [3.05, 3.63) is 78.9 Å². The van der Waals surface area contributed by atoms with E-state index in [2.05, 4.69) is 44.0 Å². The van der Waals surface area contributed by atoms with Gasteiger partial charge in [0.15, 0.2) is 11.5 Å². The molecule has 0 bridgehead atoms. The monoisotopic (exact) mass is 387 g/mol. The Balaban J connectivity index is 1.60. The van der Waals surface area contributed by atoms with Crippen LogP contribution >= 0.6 is 0 Å². The fourth-order valence-electron chi connectivity index (χ4n) is 2.74. The molecule has 0 aliphatic carbocycles. The van der Waals surface area contributed by atoms with Gasteiger partial charge in [-0.15, -0.1) is 0 Å². The van der Waals surface area contributed by atoms with Gasteiger partial charge < -0.3 is 10.1 Å². The zero-order valence-electron chi connectivity index (χ0n) is 15.6. The zero-order chi connectivity index (χ0) is 20.4. The Morgan fingerprint density at radius 2 is 2.07 bits per heavy atom. The van der Waals surface area contributed by atoms with Crippen LogP contribution in [-0.4, -0.2) is 43.0 Å². The molecule has 4 rings (SSSR count).